The van der Waals surface area contributed by atoms with E-state index >= 15 is 0 Å². The molecule has 0 heterocycles. The lowest BCUT2D eigenvalue weighted by molar-refractivity contribution is -0.222. The molecule has 0 spiro atoms. The van der Waals surface area contributed by atoms with Crippen molar-refractivity contribution in [1.29, 1.82) is 0 Å². The molecule has 21 heavy (non-hydrogen) atoms. The average Bonchev–Trinajstić information content (AvgIpc) is 2.23. The van der Waals surface area contributed by atoms with Crippen LogP contribution in [0, 0.1) is 17.8 Å². The number of aliphatic hydroxyl groups is 1. The van der Waals surface area contributed by atoms with Gasteiger partial charge in [0.2, 0.25) is 0 Å². The predicted molar refractivity (Wildman–Crippen MR) is 88.1 cm³/mol. The number of hydrogen-bond acceptors (Lipinski definition) is 3. The number of rotatable bonds is 3. The summed E-state index contributed by atoms with van der Waals surface area (Å²) < 4.78 is 5.87. The van der Waals surface area contributed by atoms with Crippen LogP contribution in [-0.2, 0) is 9.53 Å². The molecule has 0 saturated heterocycles. The van der Waals surface area contributed by atoms with E-state index in [0.717, 1.165) is 32.1 Å². The molecule has 4 aliphatic carbocycles. The molecule has 0 aromatic heterocycles. The van der Waals surface area contributed by atoms with Gasteiger partial charge in [-0.2, -0.15) is 0 Å². The van der Waals surface area contributed by atoms with Gasteiger partial charge in [0.1, 0.15) is 5.60 Å². The number of ether oxygens (including phenoxy) is 1. The molecule has 3 nitrogen and oxygen atoms in total. The van der Waals surface area contributed by atoms with Gasteiger partial charge in [-0.25, -0.2) is 0 Å². The summed E-state index contributed by atoms with van der Waals surface area (Å²) in [6.07, 6.45) is 6.53. The van der Waals surface area contributed by atoms with Crippen molar-refractivity contribution >= 4 is 5.97 Å². The summed E-state index contributed by atoms with van der Waals surface area (Å²) in [6, 6.07) is 0. The van der Waals surface area contributed by atoms with Crippen molar-refractivity contribution in [1.82, 2.24) is 0 Å². The van der Waals surface area contributed by atoms with Crippen LogP contribution in [0.3, 0.4) is 0 Å². The highest BCUT2D eigenvalue weighted by atomic mass is 16.6. The van der Waals surface area contributed by atoms with E-state index in [1.807, 2.05) is 13.8 Å². The van der Waals surface area contributed by atoms with Crippen molar-refractivity contribution in [2.75, 3.05) is 0 Å². The quantitative estimate of drug-likeness (QED) is 0.777. The Balaban J connectivity index is 0.00000133. The molecule has 0 aromatic rings. The highest BCUT2D eigenvalue weighted by Gasteiger charge is 2.59. The standard InChI is InChI=1S/C15H24O3.3CH4/c1-3-10(2)13(16)18-15-7-11-4-12(8-15)6-14(17,5-11)9-15;;;/h10-12,17H,3-9H2,1-2H3;3*1H4. The van der Waals surface area contributed by atoms with Crippen LogP contribution >= 0.6 is 0 Å². The SMILES string of the molecule is C.C.C.CCC(C)C(=O)OC12CC3CC(CC(O)(C3)C1)C2. The van der Waals surface area contributed by atoms with Gasteiger partial charge in [-0.05, 0) is 50.4 Å². The Kier molecular flexibility index (Phi) is 6.50. The minimum absolute atomic E-state index is 0. The molecule has 0 radical (unpaired) electrons. The molecule has 3 atom stereocenters. The first-order valence-electron chi connectivity index (χ1n) is 7.39. The second kappa shape index (κ2) is 6.68. The van der Waals surface area contributed by atoms with Crippen molar-refractivity contribution in [3.63, 3.8) is 0 Å². The Labute approximate surface area is 131 Å². The highest BCUT2D eigenvalue weighted by Crippen LogP contribution is 2.58. The molecule has 4 saturated carbocycles. The number of hydrogen-bond donors (Lipinski definition) is 1. The van der Waals surface area contributed by atoms with E-state index in [4.69, 9.17) is 4.74 Å². The van der Waals surface area contributed by atoms with Crippen LogP contribution in [0.15, 0.2) is 0 Å². The summed E-state index contributed by atoms with van der Waals surface area (Å²) in [7, 11) is 0. The Morgan fingerprint density at radius 2 is 1.71 bits per heavy atom. The third-order valence-electron chi connectivity index (χ3n) is 5.31. The van der Waals surface area contributed by atoms with Crippen LogP contribution in [0.1, 0.15) is 81.1 Å². The normalized spacial score (nSPS) is 40.3. The van der Waals surface area contributed by atoms with E-state index in [9.17, 15) is 9.90 Å². The molecule has 126 valence electrons. The van der Waals surface area contributed by atoms with E-state index < -0.39 is 5.60 Å². The van der Waals surface area contributed by atoms with E-state index in [2.05, 4.69) is 0 Å². The molecular formula is C18H36O3. The van der Waals surface area contributed by atoms with Crippen LogP contribution < -0.4 is 0 Å². The fraction of sp³-hybridized carbons (Fsp3) is 0.944. The zero-order valence-corrected chi connectivity index (χ0v) is 11.4. The Morgan fingerprint density at radius 1 is 1.19 bits per heavy atom. The van der Waals surface area contributed by atoms with Gasteiger partial charge in [0, 0.05) is 6.42 Å². The summed E-state index contributed by atoms with van der Waals surface area (Å²) >= 11 is 0. The van der Waals surface area contributed by atoms with Crippen molar-refractivity contribution < 1.29 is 14.6 Å². The lowest BCUT2D eigenvalue weighted by Crippen LogP contribution is -2.60. The van der Waals surface area contributed by atoms with Crippen LogP contribution in [0.25, 0.3) is 0 Å². The van der Waals surface area contributed by atoms with Gasteiger partial charge < -0.3 is 9.84 Å². The maximum atomic E-state index is 12.1. The molecule has 3 heteroatoms. The first kappa shape index (κ1) is 20.4. The summed E-state index contributed by atoms with van der Waals surface area (Å²) in [6.45, 7) is 3.94. The first-order chi connectivity index (χ1) is 8.44. The highest BCUT2D eigenvalue weighted by molar-refractivity contribution is 5.72. The zero-order valence-electron chi connectivity index (χ0n) is 11.4. The second-order valence-electron chi connectivity index (χ2n) is 7.10. The van der Waals surface area contributed by atoms with Gasteiger partial charge in [0.25, 0.3) is 0 Å². The lowest BCUT2D eigenvalue weighted by atomic mass is 9.52. The van der Waals surface area contributed by atoms with Gasteiger partial charge in [0.05, 0.1) is 11.5 Å². The van der Waals surface area contributed by atoms with E-state index in [-0.39, 0.29) is 39.8 Å². The van der Waals surface area contributed by atoms with Crippen LogP contribution in [0.4, 0.5) is 0 Å². The van der Waals surface area contributed by atoms with Gasteiger partial charge in [0.15, 0.2) is 0 Å². The minimum Gasteiger partial charge on any atom is -0.459 e. The third kappa shape index (κ3) is 3.61. The molecule has 4 bridgehead atoms. The van der Waals surface area contributed by atoms with Crippen molar-refractivity contribution in [2.24, 2.45) is 17.8 Å². The van der Waals surface area contributed by atoms with Crippen molar-refractivity contribution in [3.8, 4) is 0 Å². The topological polar surface area (TPSA) is 46.5 Å². The zero-order chi connectivity index (χ0) is 13.0. The maximum absolute atomic E-state index is 12.1. The summed E-state index contributed by atoms with van der Waals surface area (Å²) in [5.41, 5.74) is -0.876. The number of esters is 1. The Morgan fingerprint density at radius 3 is 2.14 bits per heavy atom. The van der Waals surface area contributed by atoms with E-state index in [1.54, 1.807) is 0 Å². The van der Waals surface area contributed by atoms with Gasteiger partial charge >= 0.3 is 5.97 Å². The monoisotopic (exact) mass is 300 g/mol. The first-order valence-corrected chi connectivity index (χ1v) is 7.39. The molecule has 3 unspecified atom stereocenters. The smallest absolute Gasteiger partial charge is 0.309 e. The minimum atomic E-state index is -0.542. The fourth-order valence-corrected chi connectivity index (χ4v) is 4.73. The van der Waals surface area contributed by atoms with Crippen molar-refractivity contribution in [2.45, 2.75) is 92.3 Å². The van der Waals surface area contributed by atoms with Crippen LogP contribution in [0.2, 0.25) is 0 Å². The van der Waals surface area contributed by atoms with Gasteiger partial charge in [-0.1, -0.05) is 36.1 Å². The summed E-state index contributed by atoms with van der Waals surface area (Å²) in [4.78, 5) is 12.1. The lowest BCUT2D eigenvalue weighted by Gasteiger charge is -2.59. The number of carbonyl (C=O) groups excluding carboxylic acids is 1. The summed E-state index contributed by atoms with van der Waals surface area (Å²) in [5.74, 6) is 1.05. The molecule has 0 aliphatic heterocycles. The predicted octanol–water partition coefficient (Wildman–Crippen LogP) is 4.57. The molecule has 0 amide bonds. The van der Waals surface area contributed by atoms with E-state index in [0.29, 0.717) is 18.3 Å². The summed E-state index contributed by atoms with van der Waals surface area (Å²) in [5, 5.41) is 10.6. The van der Waals surface area contributed by atoms with E-state index in [1.165, 1.54) is 6.42 Å². The van der Waals surface area contributed by atoms with Gasteiger partial charge in [-0.3, -0.25) is 4.79 Å². The largest absolute Gasteiger partial charge is 0.459 e. The average molecular weight is 300 g/mol. The molecule has 1 N–H and O–H groups in total. The van der Waals surface area contributed by atoms with Crippen molar-refractivity contribution in [3.05, 3.63) is 0 Å². The molecular weight excluding hydrogens is 264 g/mol. The third-order valence-corrected chi connectivity index (χ3v) is 5.31. The van der Waals surface area contributed by atoms with Crippen LogP contribution in [-0.4, -0.2) is 22.3 Å². The van der Waals surface area contributed by atoms with Crippen LogP contribution in [0.5, 0.6) is 0 Å². The number of carbonyl (C=O) groups is 1. The molecule has 4 fully saturated rings. The fourth-order valence-electron chi connectivity index (χ4n) is 4.73. The Bertz CT molecular complexity index is 349. The molecule has 0 aromatic carbocycles. The second-order valence-corrected chi connectivity index (χ2v) is 7.10. The maximum Gasteiger partial charge on any atom is 0.309 e. The van der Waals surface area contributed by atoms with Gasteiger partial charge in [-0.15, -0.1) is 0 Å². The molecule has 4 aliphatic rings. The Hall–Kier alpha value is -0.570. The molecule has 4 rings (SSSR count).